The summed E-state index contributed by atoms with van der Waals surface area (Å²) >= 11 is 5.96. The number of amides is 2. The van der Waals surface area contributed by atoms with Gasteiger partial charge in [0.2, 0.25) is 15.9 Å². The molecule has 3 aromatic carbocycles. The van der Waals surface area contributed by atoms with Crippen molar-refractivity contribution in [2.75, 3.05) is 12.8 Å². The molecule has 0 spiro atoms. The molecular weight excluding hydrogens is 574 g/mol. The number of halogens is 1. The van der Waals surface area contributed by atoms with Gasteiger partial charge < -0.3 is 10.6 Å². The molecule has 0 radical (unpaired) electrons. The predicted octanol–water partition coefficient (Wildman–Crippen LogP) is 3.53. The van der Waals surface area contributed by atoms with Crippen LogP contribution in [-0.4, -0.2) is 51.8 Å². The zero-order valence-electron chi connectivity index (χ0n) is 21.8. The Morgan fingerprint density at radius 2 is 1.50 bits per heavy atom. The minimum absolute atomic E-state index is 0.0366. The highest BCUT2D eigenvalue weighted by atomic mass is 35.5. The third kappa shape index (κ3) is 7.28. The van der Waals surface area contributed by atoms with Gasteiger partial charge >= 0.3 is 0 Å². The zero-order chi connectivity index (χ0) is 28.9. The molecule has 1 heterocycles. The number of rotatable bonds is 9. The first-order valence-corrected chi connectivity index (χ1v) is 16.4. The Hall–Kier alpha value is -3.25. The number of carbonyl (C=O) groups is 2. The second kappa shape index (κ2) is 12.5. The van der Waals surface area contributed by atoms with Gasteiger partial charge in [0.15, 0.2) is 9.84 Å². The van der Waals surface area contributed by atoms with Crippen LogP contribution in [-0.2, 0) is 37.7 Å². The van der Waals surface area contributed by atoms with E-state index in [1.165, 1.54) is 40.7 Å². The van der Waals surface area contributed by atoms with E-state index >= 15 is 0 Å². The van der Waals surface area contributed by atoms with E-state index in [9.17, 15) is 26.4 Å². The van der Waals surface area contributed by atoms with Crippen LogP contribution in [0.5, 0.6) is 0 Å². The Morgan fingerprint density at radius 1 is 0.900 bits per heavy atom. The first-order chi connectivity index (χ1) is 18.9. The maximum Gasteiger partial charge on any atom is 0.251 e. The number of benzene rings is 3. The lowest BCUT2D eigenvalue weighted by atomic mass is 10.1. The fraction of sp³-hybridized carbons (Fsp3) is 0.286. The Kier molecular flexibility index (Phi) is 9.29. The van der Waals surface area contributed by atoms with Gasteiger partial charge in [-0.15, -0.1) is 0 Å². The molecule has 212 valence electrons. The van der Waals surface area contributed by atoms with Crippen LogP contribution in [0.2, 0.25) is 5.02 Å². The molecule has 0 aromatic heterocycles. The summed E-state index contributed by atoms with van der Waals surface area (Å²) in [6.45, 7) is 0.641. The maximum absolute atomic E-state index is 13.7. The van der Waals surface area contributed by atoms with E-state index < -0.39 is 25.9 Å². The van der Waals surface area contributed by atoms with Gasteiger partial charge in [0, 0.05) is 36.5 Å². The summed E-state index contributed by atoms with van der Waals surface area (Å²) in [6, 6.07) is 17.7. The van der Waals surface area contributed by atoms with E-state index in [0.717, 1.165) is 18.2 Å². The SMILES string of the molecule is CS(=O)(=O)c1ccc(CNC(=O)c2ccc(CN([C@@H]3CCCCNC3=O)S(=O)(=O)c3ccc(Cl)cc3)cc2)cc1. The smallest absolute Gasteiger partial charge is 0.251 e. The van der Waals surface area contributed by atoms with Crippen LogP contribution in [0, 0.1) is 0 Å². The van der Waals surface area contributed by atoms with Crippen LogP contribution < -0.4 is 10.6 Å². The van der Waals surface area contributed by atoms with Crippen LogP contribution in [0.25, 0.3) is 0 Å². The van der Waals surface area contributed by atoms with Gasteiger partial charge in [-0.05, 0) is 78.9 Å². The molecule has 2 N–H and O–H groups in total. The van der Waals surface area contributed by atoms with Crippen LogP contribution >= 0.6 is 11.6 Å². The Bertz CT molecular complexity index is 1570. The van der Waals surface area contributed by atoms with Gasteiger partial charge in [-0.2, -0.15) is 4.31 Å². The summed E-state index contributed by atoms with van der Waals surface area (Å²) in [5, 5.41) is 6.00. The number of hydrogen-bond acceptors (Lipinski definition) is 6. The maximum atomic E-state index is 13.7. The van der Waals surface area contributed by atoms with Crippen LogP contribution in [0.1, 0.15) is 40.7 Å². The molecule has 0 unspecified atom stereocenters. The minimum atomic E-state index is -4.05. The summed E-state index contributed by atoms with van der Waals surface area (Å²) in [7, 11) is -7.35. The molecule has 3 aromatic rings. The fourth-order valence-electron chi connectivity index (χ4n) is 4.38. The summed E-state index contributed by atoms with van der Waals surface area (Å²) in [5.74, 6) is -0.678. The van der Waals surface area contributed by atoms with Crippen molar-refractivity contribution in [3.8, 4) is 0 Å². The molecule has 0 aliphatic carbocycles. The van der Waals surface area contributed by atoms with E-state index in [4.69, 9.17) is 11.6 Å². The second-order valence-electron chi connectivity index (χ2n) is 9.60. The molecular formula is C28H30ClN3O6S2. The third-order valence-electron chi connectivity index (χ3n) is 6.63. The molecule has 1 aliphatic rings. The molecule has 2 amide bonds. The summed E-state index contributed by atoms with van der Waals surface area (Å²) in [4.78, 5) is 25.8. The van der Waals surface area contributed by atoms with Gasteiger partial charge in [0.05, 0.1) is 9.79 Å². The number of nitrogens with one attached hydrogen (secondary N) is 2. The van der Waals surface area contributed by atoms with E-state index in [1.807, 2.05) is 0 Å². The van der Waals surface area contributed by atoms with E-state index in [-0.39, 0.29) is 34.7 Å². The van der Waals surface area contributed by atoms with E-state index in [2.05, 4.69) is 10.6 Å². The second-order valence-corrected chi connectivity index (χ2v) is 13.9. The largest absolute Gasteiger partial charge is 0.355 e. The van der Waals surface area contributed by atoms with E-state index in [0.29, 0.717) is 35.5 Å². The fourth-order valence-corrected chi connectivity index (χ4v) is 6.75. The quantitative estimate of drug-likeness (QED) is 0.385. The molecule has 0 saturated carbocycles. The Morgan fingerprint density at radius 3 is 2.12 bits per heavy atom. The highest BCUT2D eigenvalue weighted by Gasteiger charge is 2.36. The van der Waals surface area contributed by atoms with Gasteiger partial charge in [0.25, 0.3) is 5.91 Å². The van der Waals surface area contributed by atoms with E-state index in [1.54, 1.807) is 36.4 Å². The van der Waals surface area contributed by atoms with Gasteiger partial charge in [-0.25, -0.2) is 16.8 Å². The molecule has 1 atom stereocenters. The highest BCUT2D eigenvalue weighted by molar-refractivity contribution is 7.90. The monoisotopic (exact) mass is 603 g/mol. The Labute approximate surface area is 239 Å². The molecule has 1 fully saturated rings. The number of nitrogens with zero attached hydrogens (tertiary/aromatic N) is 1. The summed E-state index contributed by atoms with van der Waals surface area (Å²) in [6.07, 6.45) is 2.99. The third-order valence-corrected chi connectivity index (χ3v) is 9.88. The van der Waals surface area contributed by atoms with Crippen LogP contribution in [0.15, 0.2) is 82.6 Å². The average Bonchev–Trinajstić information content (AvgIpc) is 3.14. The van der Waals surface area contributed by atoms with Crippen molar-refractivity contribution in [3.05, 3.63) is 94.5 Å². The lowest BCUT2D eigenvalue weighted by Gasteiger charge is -2.29. The van der Waals surface area contributed by atoms with Crippen molar-refractivity contribution < 1.29 is 26.4 Å². The first kappa shape index (κ1) is 29.7. The van der Waals surface area contributed by atoms with Crippen molar-refractivity contribution in [2.24, 2.45) is 0 Å². The van der Waals surface area contributed by atoms with Crippen molar-refractivity contribution in [2.45, 2.75) is 48.2 Å². The number of sulfonamides is 1. The van der Waals surface area contributed by atoms with Gasteiger partial charge in [0.1, 0.15) is 6.04 Å². The summed E-state index contributed by atoms with van der Waals surface area (Å²) in [5.41, 5.74) is 1.72. The van der Waals surface area contributed by atoms with Crippen molar-refractivity contribution in [3.63, 3.8) is 0 Å². The first-order valence-electron chi connectivity index (χ1n) is 12.7. The minimum Gasteiger partial charge on any atom is -0.355 e. The van der Waals surface area contributed by atoms with Crippen LogP contribution in [0.3, 0.4) is 0 Å². The topological polar surface area (TPSA) is 130 Å². The van der Waals surface area contributed by atoms with Crippen molar-refractivity contribution in [1.82, 2.24) is 14.9 Å². The predicted molar refractivity (Wildman–Crippen MR) is 152 cm³/mol. The average molecular weight is 604 g/mol. The number of sulfone groups is 1. The Balaban J connectivity index is 1.50. The molecule has 9 nitrogen and oxygen atoms in total. The molecule has 4 rings (SSSR count). The van der Waals surface area contributed by atoms with Crippen molar-refractivity contribution >= 4 is 43.3 Å². The van der Waals surface area contributed by atoms with Gasteiger partial charge in [-0.1, -0.05) is 35.9 Å². The zero-order valence-corrected chi connectivity index (χ0v) is 24.2. The highest BCUT2D eigenvalue weighted by Crippen LogP contribution is 2.26. The number of carbonyl (C=O) groups excluding carboxylic acids is 2. The normalized spacial score (nSPS) is 16.3. The summed E-state index contributed by atoms with van der Waals surface area (Å²) < 4.78 is 51.8. The molecule has 40 heavy (non-hydrogen) atoms. The molecule has 0 bridgehead atoms. The molecule has 1 aliphatic heterocycles. The lowest BCUT2D eigenvalue weighted by molar-refractivity contribution is -0.124. The van der Waals surface area contributed by atoms with Crippen molar-refractivity contribution in [1.29, 1.82) is 0 Å². The standard InChI is InChI=1S/C28H30ClN3O6S2/c1-39(35,36)24-13-7-20(8-14-24)18-31-27(33)22-9-5-21(6-10-22)19-32(26-4-2-3-17-30-28(26)34)40(37,38)25-15-11-23(29)12-16-25/h5-16,26H,2-4,17-19H2,1H3,(H,30,34)(H,31,33)/t26-/m1/s1. The number of hydrogen-bond donors (Lipinski definition) is 2. The van der Waals surface area contributed by atoms with Crippen LogP contribution in [0.4, 0.5) is 0 Å². The molecule has 12 heteroatoms. The van der Waals surface area contributed by atoms with Gasteiger partial charge in [-0.3, -0.25) is 9.59 Å². The lowest BCUT2D eigenvalue weighted by Crippen LogP contribution is -2.48. The molecule has 1 saturated heterocycles.